The van der Waals surface area contributed by atoms with Crippen LogP contribution in [0.3, 0.4) is 0 Å². The van der Waals surface area contributed by atoms with Gasteiger partial charge < -0.3 is 14.8 Å². The summed E-state index contributed by atoms with van der Waals surface area (Å²) in [5.74, 6) is 0.952. The average molecular weight is 292 g/mol. The van der Waals surface area contributed by atoms with Gasteiger partial charge in [-0.2, -0.15) is 0 Å². The molecular weight excluding hydrogens is 264 g/mol. The van der Waals surface area contributed by atoms with Gasteiger partial charge in [0.05, 0.1) is 12.7 Å². The summed E-state index contributed by atoms with van der Waals surface area (Å²) in [4.78, 5) is 4.64. The summed E-state index contributed by atoms with van der Waals surface area (Å²) in [6.45, 7) is 4.13. The highest BCUT2D eigenvalue weighted by atomic mass is 16.5. The molecule has 4 nitrogen and oxygen atoms in total. The Bertz CT molecular complexity index is 482. The maximum absolute atomic E-state index is 5.92. The lowest BCUT2D eigenvalue weighted by Gasteiger charge is -2.36. The van der Waals surface area contributed by atoms with Crippen molar-refractivity contribution in [2.24, 2.45) is 0 Å². The predicted octanol–water partition coefficient (Wildman–Crippen LogP) is 2.80. The Hall–Kier alpha value is -1.13. The molecule has 1 fully saturated rings. The molecule has 1 unspecified atom stereocenters. The fraction of sp³-hybridized carbons (Fsp3) is 0.706. The largest absolute Gasteiger partial charge is 0.496 e. The second-order valence-electron chi connectivity index (χ2n) is 6.07. The van der Waals surface area contributed by atoms with E-state index < -0.39 is 0 Å². The smallest absolute Gasteiger partial charge is 0.128 e. The number of nitrogens with one attached hydrogen (secondary N) is 1. The lowest BCUT2D eigenvalue weighted by atomic mass is 9.87. The first-order valence-electron chi connectivity index (χ1n) is 7.79. The van der Waals surface area contributed by atoms with Crippen LogP contribution in [0.15, 0.2) is 6.20 Å². The number of nitrogens with zero attached hydrogens (tertiary/aromatic N) is 1. The normalized spacial score (nSPS) is 18.7. The summed E-state index contributed by atoms with van der Waals surface area (Å²) in [5.41, 5.74) is 3.27. The zero-order valence-corrected chi connectivity index (χ0v) is 14.0. The quantitative estimate of drug-likeness (QED) is 0.875. The number of hydrogen-bond donors (Lipinski definition) is 1. The lowest BCUT2D eigenvalue weighted by Crippen LogP contribution is -2.50. The molecule has 1 atom stereocenters. The Morgan fingerprint density at radius 1 is 1.29 bits per heavy atom. The van der Waals surface area contributed by atoms with Crippen LogP contribution in [0.5, 0.6) is 5.75 Å². The molecule has 1 aliphatic rings. The van der Waals surface area contributed by atoms with Gasteiger partial charge in [-0.25, -0.2) is 0 Å². The van der Waals surface area contributed by atoms with Crippen LogP contribution in [-0.2, 0) is 11.2 Å². The molecule has 1 aliphatic carbocycles. The van der Waals surface area contributed by atoms with Crippen molar-refractivity contribution in [3.63, 3.8) is 0 Å². The van der Waals surface area contributed by atoms with Gasteiger partial charge in [-0.3, -0.25) is 4.98 Å². The van der Waals surface area contributed by atoms with Crippen molar-refractivity contribution in [1.82, 2.24) is 10.3 Å². The zero-order chi connectivity index (χ0) is 15.5. The highest BCUT2D eigenvalue weighted by Crippen LogP contribution is 2.37. The van der Waals surface area contributed by atoms with E-state index in [0.717, 1.165) is 41.8 Å². The van der Waals surface area contributed by atoms with Gasteiger partial charge in [0.2, 0.25) is 0 Å². The molecule has 0 spiro atoms. The van der Waals surface area contributed by atoms with Gasteiger partial charge in [0.25, 0.3) is 0 Å². The second-order valence-corrected chi connectivity index (χ2v) is 6.07. The molecule has 0 saturated heterocycles. The molecule has 0 radical (unpaired) electrons. The van der Waals surface area contributed by atoms with Crippen LogP contribution >= 0.6 is 0 Å². The van der Waals surface area contributed by atoms with Crippen LogP contribution in [-0.4, -0.2) is 37.9 Å². The molecular formula is C17H28N2O2. The zero-order valence-electron chi connectivity index (χ0n) is 14.0. The molecule has 0 amide bonds. The number of rotatable bonds is 6. The Balaban J connectivity index is 2.27. The van der Waals surface area contributed by atoms with E-state index in [1.165, 1.54) is 12.8 Å². The molecule has 0 aromatic carbocycles. The van der Waals surface area contributed by atoms with E-state index in [2.05, 4.69) is 17.2 Å². The summed E-state index contributed by atoms with van der Waals surface area (Å²) in [7, 11) is 5.58. The third-order valence-corrected chi connectivity index (χ3v) is 4.99. The third-order valence-electron chi connectivity index (χ3n) is 4.99. The van der Waals surface area contributed by atoms with Crippen molar-refractivity contribution >= 4 is 0 Å². The van der Waals surface area contributed by atoms with Gasteiger partial charge in [-0.1, -0.05) is 12.8 Å². The van der Waals surface area contributed by atoms with E-state index in [1.54, 1.807) is 7.11 Å². The second kappa shape index (κ2) is 6.75. The van der Waals surface area contributed by atoms with Gasteiger partial charge in [0.15, 0.2) is 0 Å². The number of pyridine rings is 1. The van der Waals surface area contributed by atoms with E-state index in [4.69, 9.17) is 9.47 Å². The van der Waals surface area contributed by atoms with Gasteiger partial charge in [0.1, 0.15) is 5.75 Å². The van der Waals surface area contributed by atoms with Crippen molar-refractivity contribution in [2.45, 2.75) is 57.6 Å². The molecule has 0 bridgehead atoms. The van der Waals surface area contributed by atoms with Gasteiger partial charge in [-0.15, -0.1) is 0 Å². The van der Waals surface area contributed by atoms with E-state index in [1.807, 2.05) is 27.3 Å². The molecule has 21 heavy (non-hydrogen) atoms. The van der Waals surface area contributed by atoms with Crippen molar-refractivity contribution in [1.29, 1.82) is 0 Å². The van der Waals surface area contributed by atoms with Crippen molar-refractivity contribution < 1.29 is 9.47 Å². The van der Waals surface area contributed by atoms with Crippen molar-refractivity contribution in [2.75, 3.05) is 21.3 Å². The van der Waals surface area contributed by atoms with E-state index in [0.29, 0.717) is 0 Å². The SMILES string of the molecule is CNC(Cc1ncc(C)c(OC)c1C)C1(OC)CCCC1. The maximum atomic E-state index is 5.92. The molecule has 1 aromatic heterocycles. The number of likely N-dealkylation sites (N-methyl/N-ethyl adjacent to an activating group) is 1. The highest BCUT2D eigenvalue weighted by molar-refractivity contribution is 5.41. The third kappa shape index (κ3) is 3.06. The number of hydrogen-bond acceptors (Lipinski definition) is 4. The minimum atomic E-state index is -0.0546. The van der Waals surface area contributed by atoms with Crippen LogP contribution in [0.1, 0.15) is 42.5 Å². The van der Waals surface area contributed by atoms with Crippen LogP contribution in [0, 0.1) is 13.8 Å². The fourth-order valence-electron chi connectivity index (χ4n) is 3.69. The Morgan fingerprint density at radius 3 is 2.48 bits per heavy atom. The van der Waals surface area contributed by atoms with Crippen LogP contribution in [0.25, 0.3) is 0 Å². The molecule has 1 N–H and O–H groups in total. The molecule has 2 rings (SSSR count). The van der Waals surface area contributed by atoms with Crippen LogP contribution in [0.2, 0.25) is 0 Å². The molecule has 1 aromatic rings. The monoisotopic (exact) mass is 292 g/mol. The summed E-state index contributed by atoms with van der Waals surface area (Å²) < 4.78 is 11.4. The first-order valence-corrected chi connectivity index (χ1v) is 7.79. The Morgan fingerprint density at radius 2 is 1.95 bits per heavy atom. The first kappa shape index (κ1) is 16.2. The summed E-state index contributed by atoms with van der Waals surface area (Å²) in [6, 6.07) is 0.281. The Labute approximate surface area is 128 Å². The minimum Gasteiger partial charge on any atom is -0.496 e. The fourth-order valence-corrected chi connectivity index (χ4v) is 3.69. The minimum absolute atomic E-state index is 0.0546. The number of methoxy groups -OCH3 is 2. The summed E-state index contributed by atoms with van der Waals surface area (Å²) in [5, 5.41) is 3.46. The summed E-state index contributed by atoms with van der Waals surface area (Å²) in [6.07, 6.45) is 7.51. The van der Waals surface area contributed by atoms with E-state index >= 15 is 0 Å². The molecule has 4 heteroatoms. The molecule has 1 saturated carbocycles. The molecule has 0 aliphatic heterocycles. The van der Waals surface area contributed by atoms with E-state index in [9.17, 15) is 0 Å². The van der Waals surface area contributed by atoms with Crippen LogP contribution < -0.4 is 10.1 Å². The summed E-state index contributed by atoms with van der Waals surface area (Å²) >= 11 is 0. The first-order chi connectivity index (χ1) is 10.1. The number of aromatic nitrogens is 1. The van der Waals surface area contributed by atoms with Crippen LogP contribution in [0.4, 0.5) is 0 Å². The van der Waals surface area contributed by atoms with Crippen molar-refractivity contribution in [3.8, 4) is 5.75 Å². The lowest BCUT2D eigenvalue weighted by molar-refractivity contribution is -0.0339. The standard InChI is InChI=1S/C17H28N2O2/c1-12-11-19-14(13(2)16(12)20-4)10-15(18-3)17(21-5)8-6-7-9-17/h11,15,18H,6-10H2,1-5H3. The highest BCUT2D eigenvalue weighted by Gasteiger charge is 2.41. The Kier molecular flexibility index (Phi) is 5.22. The van der Waals surface area contributed by atoms with Gasteiger partial charge in [-0.05, 0) is 33.7 Å². The topological polar surface area (TPSA) is 43.4 Å². The van der Waals surface area contributed by atoms with E-state index in [-0.39, 0.29) is 11.6 Å². The predicted molar refractivity (Wildman–Crippen MR) is 85.0 cm³/mol. The number of ether oxygens (including phenoxy) is 2. The number of aryl methyl sites for hydroxylation is 1. The maximum Gasteiger partial charge on any atom is 0.128 e. The van der Waals surface area contributed by atoms with Gasteiger partial charge >= 0.3 is 0 Å². The van der Waals surface area contributed by atoms with Crippen molar-refractivity contribution in [3.05, 3.63) is 23.0 Å². The molecule has 118 valence electrons. The van der Waals surface area contributed by atoms with Gasteiger partial charge in [0, 0.05) is 42.6 Å². The average Bonchev–Trinajstić information content (AvgIpc) is 2.97. The molecule has 1 heterocycles.